The Hall–Kier alpha value is -1.26. The van der Waals surface area contributed by atoms with Crippen LogP contribution in [0.4, 0.5) is 5.69 Å². The van der Waals surface area contributed by atoms with Crippen LogP contribution in [0.25, 0.3) is 0 Å². The van der Waals surface area contributed by atoms with Crippen LogP contribution in [0.2, 0.25) is 10.0 Å². The Kier molecular flexibility index (Phi) is 4.79. The predicted molar refractivity (Wildman–Crippen MR) is 84.9 cm³/mol. The van der Waals surface area contributed by atoms with Crippen LogP contribution in [0.3, 0.4) is 0 Å². The molecule has 1 aliphatic heterocycles. The Balaban J connectivity index is 2.44. The first-order valence-corrected chi connectivity index (χ1v) is 7.77. The number of carbonyl (C=O) groups is 2. The van der Waals surface area contributed by atoms with Gasteiger partial charge in [-0.25, -0.2) is 0 Å². The summed E-state index contributed by atoms with van der Waals surface area (Å²) in [4.78, 5) is 26.4. The molecule has 2 rings (SSSR count). The van der Waals surface area contributed by atoms with Gasteiger partial charge in [-0.2, -0.15) is 0 Å². The molecule has 0 radical (unpaired) electrons. The average molecular weight is 329 g/mol. The Bertz CT molecular complexity index is 571. The van der Waals surface area contributed by atoms with Gasteiger partial charge in [0, 0.05) is 18.7 Å². The summed E-state index contributed by atoms with van der Waals surface area (Å²) in [5, 5.41) is 3.71. The van der Waals surface area contributed by atoms with Gasteiger partial charge < -0.3 is 10.2 Å². The van der Waals surface area contributed by atoms with Gasteiger partial charge in [0.25, 0.3) is 5.91 Å². The van der Waals surface area contributed by atoms with Crippen LogP contribution < -0.4 is 10.2 Å². The molecule has 0 unspecified atom stereocenters. The van der Waals surface area contributed by atoms with Gasteiger partial charge in [-0.05, 0) is 31.0 Å². The molecule has 1 saturated heterocycles. The van der Waals surface area contributed by atoms with Crippen molar-refractivity contribution >= 4 is 40.7 Å². The standard InChI is InChI=1S/C15H18Cl2N2O2/c1-3-15(4-2)14(21)19(8-7-13(20)18-15)10-5-6-11(16)12(17)9-10/h5-6,9H,3-4,7-8H2,1-2H3,(H,18,20). The number of rotatable bonds is 3. The van der Waals surface area contributed by atoms with E-state index in [4.69, 9.17) is 23.2 Å². The second-order valence-corrected chi connectivity index (χ2v) is 5.96. The van der Waals surface area contributed by atoms with Crippen molar-refractivity contribution in [2.75, 3.05) is 11.4 Å². The molecule has 21 heavy (non-hydrogen) atoms. The highest BCUT2D eigenvalue weighted by atomic mass is 35.5. The van der Waals surface area contributed by atoms with Gasteiger partial charge in [0.05, 0.1) is 10.0 Å². The summed E-state index contributed by atoms with van der Waals surface area (Å²) in [6.07, 6.45) is 1.37. The largest absolute Gasteiger partial charge is 0.342 e. The number of carbonyl (C=O) groups excluding carboxylic acids is 2. The number of nitrogens with zero attached hydrogens (tertiary/aromatic N) is 1. The summed E-state index contributed by atoms with van der Waals surface area (Å²) in [6, 6.07) is 5.07. The normalized spacial score (nSPS) is 18.4. The number of amides is 2. The summed E-state index contributed by atoms with van der Waals surface area (Å²) in [7, 11) is 0. The van der Waals surface area contributed by atoms with Gasteiger partial charge in [-0.3, -0.25) is 9.59 Å². The van der Waals surface area contributed by atoms with Gasteiger partial charge >= 0.3 is 0 Å². The van der Waals surface area contributed by atoms with Gasteiger partial charge in [0.15, 0.2) is 0 Å². The first-order valence-electron chi connectivity index (χ1n) is 7.01. The summed E-state index contributed by atoms with van der Waals surface area (Å²) in [5.74, 6) is -0.202. The molecule has 0 bridgehead atoms. The zero-order valence-electron chi connectivity index (χ0n) is 12.1. The van der Waals surface area contributed by atoms with E-state index < -0.39 is 5.54 Å². The molecule has 114 valence electrons. The molecule has 0 saturated carbocycles. The van der Waals surface area contributed by atoms with E-state index in [0.717, 1.165) is 0 Å². The molecule has 0 spiro atoms. The van der Waals surface area contributed by atoms with Crippen molar-refractivity contribution in [1.29, 1.82) is 0 Å². The van der Waals surface area contributed by atoms with Crippen molar-refractivity contribution in [3.63, 3.8) is 0 Å². The van der Waals surface area contributed by atoms with E-state index in [9.17, 15) is 9.59 Å². The lowest BCUT2D eigenvalue weighted by Gasteiger charge is -2.33. The number of hydrogen-bond acceptors (Lipinski definition) is 2. The summed E-state index contributed by atoms with van der Waals surface area (Å²) < 4.78 is 0. The minimum Gasteiger partial charge on any atom is -0.342 e. The van der Waals surface area contributed by atoms with Crippen LogP contribution in [0.15, 0.2) is 18.2 Å². The van der Waals surface area contributed by atoms with Crippen LogP contribution in [0.5, 0.6) is 0 Å². The van der Waals surface area contributed by atoms with Crippen LogP contribution >= 0.6 is 23.2 Å². The third-order valence-corrected chi connectivity index (χ3v) is 4.76. The molecule has 6 heteroatoms. The van der Waals surface area contributed by atoms with Gasteiger partial charge in [-0.15, -0.1) is 0 Å². The Morgan fingerprint density at radius 1 is 1.19 bits per heavy atom. The van der Waals surface area contributed by atoms with Crippen molar-refractivity contribution in [2.45, 2.75) is 38.6 Å². The minimum absolute atomic E-state index is 0.100. The molecule has 1 fully saturated rings. The molecule has 0 aliphatic carbocycles. The topological polar surface area (TPSA) is 49.4 Å². The van der Waals surface area contributed by atoms with E-state index in [-0.39, 0.29) is 18.2 Å². The number of halogens is 2. The first kappa shape index (κ1) is 16.1. The fourth-order valence-corrected chi connectivity index (χ4v) is 2.88. The third kappa shape index (κ3) is 3.01. The summed E-state index contributed by atoms with van der Waals surface area (Å²) in [5.41, 5.74) is -0.183. The van der Waals surface area contributed by atoms with E-state index in [1.807, 2.05) is 13.8 Å². The monoisotopic (exact) mass is 328 g/mol. The Morgan fingerprint density at radius 2 is 1.86 bits per heavy atom. The maximum atomic E-state index is 12.9. The van der Waals surface area contributed by atoms with Crippen molar-refractivity contribution in [3.05, 3.63) is 28.2 Å². The molecule has 1 aliphatic rings. The zero-order chi connectivity index (χ0) is 15.6. The van der Waals surface area contributed by atoms with Crippen LogP contribution in [-0.2, 0) is 9.59 Å². The fraction of sp³-hybridized carbons (Fsp3) is 0.467. The van der Waals surface area contributed by atoms with Crippen molar-refractivity contribution in [2.24, 2.45) is 0 Å². The van der Waals surface area contributed by atoms with Gasteiger partial charge in [-0.1, -0.05) is 37.0 Å². The molecular weight excluding hydrogens is 311 g/mol. The lowest BCUT2D eigenvalue weighted by atomic mass is 9.91. The second kappa shape index (κ2) is 6.24. The number of benzene rings is 1. The van der Waals surface area contributed by atoms with Crippen LogP contribution in [-0.4, -0.2) is 23.9 Å². The highest BCUT2D eigenvalue weighted by Crippen LogP contribution is 2.31. The van der Waals surface area contributed by atoms with Crippen LogP contribution in [0, 0.1) is 0 Å². The van der Waals surface area contributed by atoms with E-state index >= 15 is 0 Å². The number of nitrogens with one attached hydrogen (secondary N) is 1. The molecule has 0 atom stereocenters. The van der Waals surface area contributed by atoms with E-state index in [1.54, 1.807) is 23.1 Å². The highest BCUT2D eigenvalue weighted by molar-refractivity contribution is 6.42. The summed E-state index contributed by atoms with van der Waals surface area (Å²) >= 11 is 12.0. The first-order chi connectivity index (χ1) is 9.93. The third-order valence-electron chi connectivity index (χ3n) is 4.02. The maximum absolute atomic E-state index is 12.9. The molecule has 2 amide bonds. The quantitative estimate of drug-likeness (QED) is 0.924. The van der Waals surface area contributed by atoms with E-state index in [0.29, 0.717) is 35.1 Å². The van der Waals surface area contributed by atoms with Gasteiger partial charge in [0.2, 0.25) is 5.91 Å². The molecule has 0 aromatic heterocycles. The zero-order valence-corrected chi connectivity index (χ0v) is 13.6. The fourth-order valence-electron chi connectivity index (χ4n) is 2.58. The van der Waals surface area contributed by atoms with Gasteiger partial charge in [0.1, 0.15) is 5.54 Å². The summed E-state index contributed by atoms with van der Waals surface area (Å²) in [6.45, 7) is 4.14. The van der Waals surface area contributed by atoms with E-state index in [2.05, 4.69) is 5.32 Å². The predicted octanol–water partition coefficient (Wildman–Crippen LogP) is 3.41. The molecule has 1 aromatic rings. The Morgan fingerprint density at radius 3 is 2.43 bits per heavy atom. The number of hydrogen-bond donors (Lipinski definition) is 1. The molecule has 1 aromatic carbocycles. The lowest BCUT2D eigenvalue weighted by molar-refractivity contribution is -0.130. The SMILES string of the molecule is CCC1(CC)NC(=O)CCN(c2ccc(Cl)c(Cl)c2)C1=O. The van der Waals surface area contributed by atoms with Crippen molar-refractivity contribution in [1.82, 2.24) is 5.32 Å². The van der Waals surface area contributed by atoms with E-state index in [1.165, 1.54) is 0 Å². The molecule has 4 nitrogen and oxygen atoms in total. The van der Waals surface area contributed by atoms with Crippen molar-refractivity contribution < 1.29 is 9.59 Å². The lowest BCUT2D eigenvalue weighted by Crippen LogP contribution is -2.56. The smallest absolute Gasteiger partial charge is 0.252 e. The number of anilines is 1. The molecule has 1 N–H and O–H groups in total. The minimum atomic E-state index is -0.848. The van der Waals surface area contributed by atoms with Crippen LogP contribution in [0.1, 0.15) is 33.1 Å². The highest BCUT2D eigenvalue weighted by Gasteiger charge is 2.42. The van der Waals surface area contributed by atoms with Crippen molar-refractivity contribution in [3.8, 4) is 0 Å². The molecular formula is C15H18Cl2N2O2. The maximum Gasteiger partial charge on any atom is 0.252 e. The second-order valence-electron chi connectivity index (χ2n) is 5.14. The molecule has 1 heterocycles. The Labute approximate surface area is 134 Å². The average Bonchev–Trinajstić information content (AvgIpc) is 2.60.